The monoisotopic (exact) mass is 112 g/mol. The molecule has 0 aromatic rings. The zero-order chi connectivity index (χ0) is 5.98. The standard InChI is InChI=1S/C5H8N2O/c1-4-2-6-3-5(8)7-4/h2,5,8H,3H2,1H3. The number of rotatable bonds is 0. The molecule has 0 aliphatic carbocycles. The lowest BCUT2D eigenvalue weighted by molar-refractivity contribution is 0.193. The first kappa shape index (κ1) is 5.44. The summed E-state index contributed by atoms with van der Waals surface area (Å²) in [4.78, 5) is 7.64. The van der Waals surface area contributed by atoms with E-state index in [0.29, 0.717) is 6.54 Å². The van der Waals surface area contributed by atoms with E-state index in [1.165, 1.54) is 0 Å². The Morgan fingerprint density at radius 2 is 2.62 bits per heavy atom. The lowest BCUT2D eigenvalue weighted by Gasteiger charge is -2.05. The van der Waals surface area contributed by atoms with E-state index in [9.17, 15) is 0 Å². The Balaban J connectivity index is 2.63. The van der Waals surface area contributed by atoms with E-state index in [-0.39, 0.29) is 0 Å². The summed E-state index contributed by atoms with van der Waals surface area (Å²) < 4.78 is 0. The predicted octanol–water partition coefficient (Wildman–Crippen LogP) is -0.150. The summed E-state index contributed by atoms with van der Waals surface area (Å²) >= 11 is 0. The lowest BCUT2D eigenvalue weighted by atomic mass is 10.4. The molecule has 1 unspecified atom stereocenters. The molecular formula is C5H8N2O. The van der Waals surface area contributed by atoms with Gasteiger partial charge in [0.05, 0.1) is 12.3 Å². The van der Waals surface area contributed by atoms with Crippen LogP contribution in [-0.4, -0.2) is 29.8 Å². The third-order valence-corrected chi connectivity index (χ3v) is 0.899. The average molecular weight is 112 g/mol. The molecular weight excluding hydrogens is 104 g/mol. The normalized spacial score (nSPS) is 27.8. The van der Waals surface area contributed by atoms with E-state index in [1.54, 1.807) is 6.21 Å². The number of aliphatic hydroxyl groups is 1. The van der Waals surface area contributed by atoms with E-state index in [4.69, 9.17) is 5.11 Å². The van der Waals surface area contributed by atoms with E-state index in [1.807, 2.05) is 6.92 Å². The summed E-state index contributed by atoms with van der Waals surface area (Å²) in [5.74, 6) is 0. The third kappa shape index (κ3) is 1.13. The minimum absolute atomic E-state index is 0.414. The molecule has 8 heavy (non-hydrogen) atoms. The molecule has 0 spiro atoms. The van der Waals surface area contributed by atoms with Crippen molar-refractivity contribution in [3.63, 3.8) is 0 Å². The van der Waals surface area contributed by atoms with Gasteiger partial charge in [-0.1, -0.05) is 0 Å². The largest absolute Gasteiger partial charge is 0.370 e. The lowest BCUT2D eigenvalue weighted by Crippen LogP contribution is -2.15. The molecule has 1 rings (SSSR count). The molecule has 0 fully saturated rings. The van der Waals surface area contributed by atoms with E-state index >= 15 is 0 Å². The molecule has 0 amide bonds. The van der Waals surface area contributed by atoms with Gasteiger partial charge in [-0.15, -0.1) is 0 Å². The van der Waals surface area contributed by atoms with E-state index < -0.39 is 6.23 Å². The summed E-state index contributed by atoms with van der Waals surface area (Å²) in [6.07, 6.45) is 1.06. The summed E-state index contributed by atoms with van der Waals surface area (Å²) in [6, 6.07) is 0. The maximum Gasteiger partial charge on any atom is 0.164 e. The molecule has 3 nitrogen and oxygen atoms in total. The highest BCUT2D eigenvalue weighted by atomic mass is 16.3. The third-order valence-electron chi connectivity index (χ3n) is 0.899. The van der Waals surface area contributed by atoms with Gasteiger partial charge in [-0.3, -0.25) is 9.98 Å². The number of aliphatic imine (C=N–C) groups is 2. The van der Waals surface area contributed by atoms with Crippen LogP contribution < -0.4 is 0 Å². The minimum atomic E-state index is -0.597. The fourth-order valence-electron chi connectivity index (χ4n) is 0.588. The van der Waals surface area contributed by atoms with Crippen LogP contribution in [0.3, 0.4) is 0 Å². The molecule has 1 aliphatic rings. The van der Waals surface area contributed by atoms with Crippen LogP contribution in [0.1, 0.15) is 6.92 Å². The smallest absolute Gasteiger partial charge is 0.164 e. The van der Waals surface area contributed by atoms with Crippen molar-refractivity contribution in [3.05, 3.63) is 0 Å². The van der Waals surface area contributed by atoms with Crippen molar-refractivity contribution in [1.29, 1.82) is 0 Å². The molecule has 0 saturated carbocycles. The van der Waals surface area contributed by atoms with Crippen molar-refractivity contribution in [1.82, 2.24) is 0 Å². The van der Waals surface area contributed by atoms with E-state index in [2.05, 4.69) is 9.98 Å². The molecule has 0 radical (unpaired) electrons. The van der Waals surface area contributed by atoms with Gasteiger partial charge in [0.1, 0.15) is 0 Å². The van der Waals surface area contributed by atoms with Crippen molar-refractivity contribution in [3.8, 4) is 0 Å². The molecule has 3 heteroatoms. The molecule has 0 aromatic carbocycles. The molecule has 0 bridgehead atoms. The van der Waals surface area contributed by atoms with Crippen molar-refractivity contribution < 1.29 is 5.11 Å². The van der Waals surface area contributed by atoms with Crippen molar-refractivity contribution in [2.24, 2.45) is 9.98 Å². The highest BCUT2D eigenvalue weighted by Gasteiger charge is 2.02. The molecule has 44 valence electrons. The summed E-state index contributed by atoms with van der Waals surface area (Å²) in [7, 11) is 0. The first-order valence-corrected chi connectivity index (χ1v) is 2.51. The quantitative estimate of drug-likeness (QED) is 0.465. The van der Waals surface area contributed by atoms with Crippen molar-refractivity contribution in [2.75, 3.05) is 6.54 Å². The maximum absolute atomic E-state index is 8.78. The molecule has 1 atom stereocenters. The molecule has 1 N–H and O–H groups in total. The molecule has 0 aromatic heterocycles. The average Bonchev–Trinajstić information content (AvgIpc) is 1.64. The minimum Gasteiger partial charge on any atom is -0.370 e. The van der Waals surface area contributed by atoms with Crippen LogP contribution in [0.15, 0.2) is 9.98 Å². The number of aliphatic hydroxyl groups excluding tert-OH is 1. The Morgan fingerprint density at radius 1 is 1.88 bits per heavy atom. The summed E-state index contributed by atoms with van der Waals surface area (Å²) in [5, 5.41) is 8.78. The molecule has 0 saturated heterocycles. The number of hydrogen-bond acceptors (Lipinski definition) is 3. The fraction of sp³-hybridized carbons (Fsp3) is 0.600. The van der Waals surface area contributed by atoms with Crippen molar-refractivity contribution >= 4 is 11.9 Å². The Hall–Kier alpha value is -0.700. The Labute approximate surface area is 47.8 Å². The Kier molecular flexibility index (Phi) is 1.39. The Bertz CT molecular complexity index is 139. The zero-order valence-corrected chi connectivity index (χ0v) is 4.70. The highest BCUT2D eigenvalue weighted by Crippen LogP contribution is 1.92. The second kappa shape index (κ2) is 2.05. The second-order valence-electron chi connectivity index (χ2n) is 1.75. The molecule has 1 heterocycles. The maximum atomic E-state index is 8.78. The SMILES string of the molecule is CC1=NC(O)CN=C1. The van der Waals surface area contributed by atoms with Crippen LogP contribution in [-0.2, 0) is 0 Å². The summed E-state index contributed by atoms with van der Waals surface area (Å²) in [6.45, 7) is 2.23. The van der Waals surface area contributed by atoms with Gasteiger partial charge in [0.2, 0.25) is 0 Å². The molecule has 1 aliphatic heterocycles. The van der Waals surface area contributed by atoms with Gasteiger partial charge in [0.25, 0.3) is 0 Å². The van der Waals surface area contributed by atoms with Crippen LogP contribution in [0.5, 0.6) is 0 Å². The van der Waals surface area contributed by atoms with Gasteiger partial charge in [-0.25, -0.2) is 0 Å². The van der Waals surface area contributed by atoms with Gasteiger partial charge in [0, 0.05) is 6.21 Å². The first-order chi connectivity index (χ1) is 3.79. The fourth-order valence-corrected chi connectivity index (χ4v) is 0.588. The van der Waals surface area contributed by atoms with Crippen molar-refractivity contribution in [2.45, 2.75) is 13.2 Å². The van der Waals surface area contributed by atoms with Crippen LogP contribution in [0.2, 0.25) is 0 Å². The van der Waals surface area contributed by atoms with Gasteiger partial charge in [-0.2, -0.15) is 0 Å². The van der Waals surface area contributed by atoms with E-state index in [0.717, 1.165) is 5.71 Å². The second-order valence-corrected chi connectivity index (χ2v) is 1.75. The van der Waals surface area contributed by atoms with Gasteiger partial charge < -0.3 is 5.11 Å². The Morgan fingerprint density at radius 3 is 3.00 bits per heavy atom. The van der Waals surface area contributed by atoms with Gasteiger partial charge >= 0.3 is 0 Å². The predicted molar refractivity (Wildman–Crippen MR) is 32.5 cm³/mol. The number of nitrogens with zero attached hydrogens (tertiary/aromatic N) is 2. The van der Waals surface area contributed by atoms with Crippen LogP contribution in [0.25, 0.3) is 0 Å². The van der Waals surface area contributed by atoms with Gasteiger partial charge in [0.15, 0.2) is 6.23 Å². The number of hydrogen-bond donors (Lipinski definition) is 1. The topological polar surface area (TPSA) is 45.0 Å². The van der Waals surface area contributed by atoms with Crippen LogP contribution >= 0.6 is 0 Å². The summed E-state index contributed by atoms with van der Waals surface area (Å²) in [5.41, 5.74) is 0.795. The van der Waals surface area contributed by atoms with Gasteiger partial charge in [-0.05, 0) is 6.92 Å². The highest BCUT2D eigenvalue weighted by molar-refractivity contribution is 6.29. The van der Waals surface area contributed by atoms with Crippen LogP contribution in [0.4, 0.5) is 0 Å². The first-order valence-electron chi connectivity index (χ1n) is 2.51. The zero-order valence-electron chi connectivity index (χ0n) is 4.70. The van der Waals surface area contributed by atoms with Crippen LogP contribution in [0, 0.1) is 0 Å².